The van der Waals surface area contributed by atoms with Crippen LogP contribution in [-0.2, 0) is 0 Å². The van der Waals surface area contributed by atoms with Crippen molar-refractivity contribution in [3.8, 4) is 5.75 Å². The van der Waals surface area contributed by atoms with Crippen LogP contribution in [0.4, 0.5) is 20.6 Å². The van der Waals surface area contributed by atoms with E-state index in [0.29, 0.717) is 15.9 Å². The Morgan fingerprint density at radius 3 is 2.78 bits per heavy atom. The fourth-order valence-corrected chi connectivity index (χ4v) is 2.33. The van der Waals surface area contributed by atoms with Crippen molar-refractivity contribution in [2.24, 2.45) is 0 Å². The number of ether oxygens (including phenoxy) is 1. The molecule has 7 heteroatoms. The molecule has 0 aromatic heterocycles. The Kier molecular flexibility index (Phi) is 5.95. The van der Waals surface area contributed by atoms with Crippen molar-refractivity contribution in [2.75, 3.05) is 30.5 Å². The van der Waals surface area contributed by atoms with Gasteiger partial charge < -0.3 is 15.2 Å². The summed E-state index contributed by atoms with van der Waals surface area (Å²) in [6, 6.07) is 10.6. The number of hydrogen-bond acceptors (Lipinski definition) is 3. The van der Waals surface area contributed by atoms with E-state index in [0.717, 1.165) is 0 Å². The van der Waals surface area contributed by atoms with E-state index in [2.05, 4.69) is 21.2 Å². The number of carbonyl (C=O) groups is 1. The van der Waals surface area contributed by atoms with Crippen LogP contribution in [0.15, 0.2) is 46.9 Å². The van der Waals surface area contributed by atoms with Gasteiger partial charge in [-0.2, -0.15) is 0 Å². The zero-order chi connectivity index (χ0) is 16.8. The van der Waals surface area contributed by atoms with Crippen LogP contribution in [0.5, 0.6) is 5.75 Å². The van der Waals surface area contributed by atoms with Crippen LogP contribution >= 0.6 is 15.9 Å². The van der Waals surface area contributed by atoms with Gasteiger partial charge in [-0.25, -0.2) is 9.18 Å². The molecule has 0 radical (unpaired) electrons. The third kappa shape index (κ3) is 4.43. The van der Waals surface area contributed by atoms with Crippen LogP contribution in [0, 0.1) is 5.82 Å². The molecule has 2 N–H and O–H groups in total. The maximum absolute atomic E-state index is 13.8. The molecular weight excluding hydrogens is 367 g/mol. The normalized spacial score (nSPS) is 10.3. The lowest BCUT2D eigenvalue weighted by molar-refractivity contribution is 0.252. The van der Waals surface area contributed by atoms with Gasteiger partial charge in [-0.3, -0.25) is 4.90 Å². The molecular formula is C16H16BrFN2O3. The number of hydrogen-bond donors (Lipinski definition) is 2. The minimum atomic E-state index is -0.553. The van der Waals surface area contributed by atoms with Gasteiger partial charge >= 0.3 is 6.03 Å². The third-order valence-corrected chi connectivity index (χ3v) is 3.60. The summed E-state index contributed by atoms with van der Waals surface area (Å²) in [5.74, 6) is 0.0235. The molecule has 0 heterocycles. The number of rotatable bonds is 5. The second-order valence-electron chi connectivity index (χ2n) is 4.63. The smallest absolute Gasteiger partial charge is 0.326 e. The zero-order valence-electron chi connectivity index (χ0n) is 12.4. The van der Waals surface area contributed by atoms with Crippen molar-refractivity contribution in [1.29, 1.82) is 0 Å². The molecule has 0 saturated carbocycles. The van der Waals surface area contributed by atoms with Gasteiger partial charge in [0.2, 0.25) is 0 Å². The molecule has 2 aromatic rings. The fourth-order valence-electron chi connectivity index (χ4n) is 2.00. The van der Waals surface area contributed by atoms with Crippen LogP contribution in [-0.4, -0.2) is 31.4 Å². The number of nitrogens with one attached hydrogen (secondary N) is 1. The number of carbonyl (C=O) groups excluding carboxylic acids is 1. The Balaban J connectivity index is 2.24. The fraction of sp³-hybridized carbons (Fsp3) is 0.188. The molecule has 0 aliphatic carbocycles. The molecule has 2 amide bonds. The number of benzene rings is 2. The molecule has 0 fully saturated rings. The largest absolute Gasteiger partial charge is 0.497 e. The van der Waals surface area contributed by atoms with Crippen molar-refractivity contribution >= 4 is 33.3 Å². The predicted molar refractivity (Wildman–Crippen MR) is 90.5 cm³/mol. The molecule has 0 aliphatic rings. The Morgan fingerprint density at radius 1 is 1.35 bits per heavy atom. The zero-order valence-corrected chi connectivity index (χ0v) is 14.0. The van der Waals surface area contributed by atoms with Gasteiger partial charge in [0.15, 0.2) is 0 Å². The summed E-state index contributed by atoms with van der Waals surface area (Å²) in [6.07, 6.45) is 0. The number of aliphatic hydroxyl groups excluding tert-OH is 1. The van der Waals surface area contributed by atoms with Crippen LogP contribution in [0.3, 0.4) is 0 Å². The van der Waals surface area contributed by atoms with E-state index >= 15 is 0 Å². The summed E-state index contributed by atoms with van der Waals surface area (Å²) < 4.78 is 19.6. The minimum absolute atomic E-state index is 0.0593. The van der Waals surface area contributed by atoms with Crippen molar-refractivity contribution < 1.29 is 19.0 Å². The standard InChI is InChI=1S/C16H16BrFN2O3/c1-23-13-4-2-3-12(10-13)20(7-8-21)16(22)19-15-6-5-11(17)9-14(15)18/h2-6,9-10,21H,7-8H2,1H3,(H,19,22). The summed E-state index contributed by atoms with van der Waals surface area (Å²) in [6.45, 7) is -0.162. The lowest BCUT2D eigenvalue weighted by Gasteiger charge is -2.23. The first kappa shape index (κ1) is 17.2. The molecule has 5 nitrogen and oxygen atoms in total. The quantitative estimate of drug-likeness (QED) is 0.829. The first-order chi connectivity index (χ1) is 11.0. The van der Waals surface area contributed by atoms with Crippen LogP contribution in [0.25, 0.3) is 0 Å². The molecule has 0 spiro atoms. The number of amides is 2. The van der Waals surface area contributed by atoms with Crippen LogP contribution in [0.2, 0.25) is 0 Å². The number of urea groups is 1. The molecule has 0 atom stereocenters. The van der Waals surface area contributed by atoms with E-state index in [4.69, 9.17) is 4.74 Å². The first-order valence-electron chi connectivity index (χ1n) is 6.83. The Labute approximate surface area is 141 Å². The summed E-state index contributed by atoms with van der Waals surface area (Å²) in [7, 11) is 1.52. The molecule has 2 aromatic carbocycles. The maximum Gasteiger partial charge on any atom is 0.326 e. The van der Waals surface area contributed by atoms with E-state index < -0.39 is 11.8 Å². The van der Waals surface area contributed by atoms with Gasteiger partial charge in [-0.15, -0.1) is 0 Å². The van der Waals surface area contributed by atoms with Gasteiger partial charge in [0.05, 0.1) is 25.9 Å². The highest BCUT2D eigenvalue weighted by molar-refractivity contribution is 9.10. The number of methoxy groups -OCH3 is 1. The lowest BCUT2D eigenvalue weighted by Crippen LogP contribution is -2.37. The van der Waals surface area contributed by atoms with Gasteiger partial charge in [0.1, 0.15) is 11.6 Å². The summed E-state index contributed by atoms with van der Waals surface area (Å²) in [5.41, 5.74) is 0.595. The third-order valence-electron chi connectivity index (χ3n) is 3.11. The molecule has 2 rings (SSSR count). The minimum Gasteiger partial charge on any atom is -0.497 e. The number of anilines is 2. The van der Waals surface area contributed by atoms with Gasteiger partial charge in [0, 0.05) is 16.2 Å². The highest BCUT2D eigenvalue weighted by Gasteiger charge is 2.17. The Bertz CT molecular complexity index is 697. The summed E-state index contributed by atoms with van der Waals surface area (Å²) in [4.78, 5) is 13.7. The van der Waals surface area contributed by atoms with Crippen molar-refractivity contribution in [3.05, 3.63) is 52.8 Å². The molecule has 0 bridgehead atoms. The average Bonchev–Trinajstić information content (AvgIpc) is 2.55. The van der Waals surface area contributed by atoms with Gasteiger partial charge in [-0.1, -0.05) is 22.0 Å². The van der Waals surface area contributed by atoms with E-state index in [1.165, 1.54) is 24.1 Å². The molecule has 23 heavy (non-hydrogen) atoms. The SMILES string of the molecule is COc1cccc(N(CCO)C(=O)Nc2ccc(Br)cc2F)c1. The Hall–Kier alpha value is -2.12. The molecule has 0 saturated heterocycles. The van der Waals surface area contributed by atoms with Crippen molar-refractivity contribution in [1.82, 2.24) is 0 Å². The first-order valence-corrected chi connectivity index (χ1v) is 7.63. The molecule has 0 aliphatic heterocycles. The van der Waals surface area contributed by atoms with E-state index in [1.807, 2.05) is 0 Å². The average molecular weight is 383 g/mol. The van der Waals surface area contributed by atoms with E-state index in [-0.39, 0.29) is 18.8 Å². The van der Waals surface area contributed by atoms with E-state index in [9.17, 15) is 14.3 Å². The van der Waals surface area contributed by atoms with Gasteiger partial charge in [-0.05, 0) is 30.3 Å². The van der Waals surface area contributed by atoms with E-state index in [1.54, 1.807) is 30.3 Å². The summed E-state index contributed by atoms with van der Waals surface area (Å²) >= 11 is 3.16. The van der Waals surface area contributed by atoms with Crippen LogP contribution in [0.1, 0.15) is 0 Å². The lowest BCUT2D eigenvalue weighted by atomic mass is 10.2. The Morgan fingerprint density at radius 2 is 2.13 bits per heavy atom. The predicted octanol–water partition coefficient (Wildman–Crippen LogP) is 3.63. The topological polar surface area (TPSA) is 61.8 Å². The summed E-state index contributed by atoms with van der Waals surface area (Å²) in [5, 5.41) is 11.7. The van der Waals surface area contributed by atoms with Crippen molar-refractivity contribution in [3.63, 3.8) is 0 Å². The molecule has 122 valence electrons. The second-order valence-corrected chi connectivity index (χ2v) is 5.55. The number of aliphatic hydroxyl groups is 1. The monoisotopic (exact) mass is 382 g/mol. The number of halogens is 2. The number of nitrogens with zero attached hydrogens (tertiary/aromatic N) is 1. The molecule has 0 unspecified atom stereocenters. The second kappa shape index (κ2) is 7.94. The van der Waals surface area contributed by atoms with Crippen LogP contribution < -0.4 is 15.0 Å². The van der Waals surface area contributed by atoms with Gasteiger partial charge in [0.25, 0.3) is 0 Å². The highest BCUT2D eigenvalue weighted by Crippen LogP contribution is 2.23. The highest BCUT2D eigenvalue weighted by atomic mass is 79.9. The van der Waals surface area contributed by atoms with Crippen molar-refractivity contribution in [2.45, 2.75) is 0 Å². The maximum atomic E-state index is 13.8.